The first-order valence-corrected chi connectivity index (χ1v) is 11.1. The average Bonchev–Trinajstić information content (AvgIpc) is 2.73. The number of benzene rings is 2. The van der Waals surface area contributed by atoms with Gasteiger partial charge in [-0.25, -0.2) is 0 Å². The van der Waals surface area contributed by atoms with E-state index in [0.29, 0.717) is 18.4 Å². The highest BCUT2D eigenvalue weighted by atomic mass is 16.5. The lowest BCUT2D eigenvalue weighted by Crippen LogP contribution is -2.37. The summed E-state index contributed by atoms with van der Waals surface area (Å²) in [5, 5.41) is 51.7. The van der Waals surface area contributed by atoms with Gasteiger partial charge in [-0.15, -0.1) is 0 Å². The minimum Gasteiger partial charge on any atom is -0.508 e. The van der Waals surface area contributed by atoms with Gasteiger partial charge in [0.2, 0.25) is 5.78 Å². The number of rotatable bonds is 8. The summed E-state index contributed by atoms with van der Waals surface area (Å²) in [5.74, 6) is -1.39. The van der Waals surface area contributed by atoms with E-state index in [-0.39, 0.29) is 52.2 Å². The number of hydrogen-bond acceptors (Lipinski definition) is 8. The molecule has 0 radical (unpaired) electrons. The molecular formula is C26H32O8. The van der Waals surface area contributed by atoms with Crippen molar-refractivity contribution in [3.05, 3.63) is 53.1 Å². The van der Waals surface area contributed by atoms with Crippen molar-refractivity contribution in [1.82, 2.24) is 0 Å². The summed E-state index contributed by atoms with van der Waals surface area (Å²) in [4.78, 5) is 13.2. The van der Waals surface area contributed by atoms with E-state index in [1.54, 1.807) is 13.8 Å². The molecule has 1 aliphatic heterocycles. The molecule has 184 valence electrons. The summed E-state index contributed by atoms with van der Waals surface area (Å²) < 4.78 is 11.4. The molecule has 0 saturated heterocycles. The summed E-state index contributed by atoms with van der Waals surface area (Å²) in [5.41, 5.74) is 0.398. The number of aliphatic hydroxyl groups is 2. The summed E-state index contributed by atoms with van der Waals surface area (Å²) in [6, 6.07) is 5.06. The van der Waals surface area contributed by atoms with Gasteiger partial charge in [0.25, 0.3) is 0 Å². The molecule has 0 aliphatic carbocycles. The Bertz CT molecular complexity index is 1100. The van der Waals surface area contributed by atoms with E-state index in [9.17, 15) is 30.3 Å². The van der Waals surface area contributed by atoms with Gasteiger partial charge in [-0.05, 0) is 58.1 Å². The molecule has 0 fully saturated rings. The fourth-order valence-corrected chi connectivity index (χ4v) is 4.16. The van der Waals surface area contributed by atoms with E-state index in [4.69, 9.17) is 9.47 Å². The number of carbonyl (C=O) groups is 1. The molecule has 5 N–H and O–H groups in total. The van der Waals surface area contributed by atoms with Gasteiger partial charge in [-0.2, -0.15) is 0 Å². The van der Waals surface area contributed by atoms with Gasteiger partial charge < -0.3 is 35.0 Å². The van der Waals surface area contributed by atoms with Crippen LogP contribution in [0.1, 0.15) is 61.2 Å². The van der Waals surface area contributed by atoms with Gasteiger partial charge in [-0.3, -0.25) is 4.79 Å². The van der Waals surface area contributed by atoms with Crippen LogP contribution in [0, 0.1) is 5.92 Å². The molecular weight excluding hydrogens is 440 g/mol. The highest BCUT2D eigenvalue weighted by molar-refractivity contribution is 6.06. The van der Waals surface area contributed by atoms with Crippen LogP contribution in [0.3, 0.4) is 0 Å². The van der Waals surface area contributed by atoms with Crippen molar-refractivity contribution in [3.63, 3.8) is 0 Å². The quantitative estimate of drug-likeness (QED) is 0.366. The van der Waals surface area contributed by atoms with E-state index in [1.807, 2.05) is 6.92 Å². The van der Waals surface area contributed by atoms with Crippen LogP contribution in [0.5, 0.6) is 28.7 Å². The average molecular weight is 473 g/mol. The molecule has 0 spiro atoms. The molecule has 8 heteroatoms. The van der Waals surface area contributed by atoms with Crippen molar-refractivity contribution in [2.75, 3.05) is 7.11 Å². The van der Waals surface area contributed by atoms with Crippen LogP contribution in [0.4, 0.5) is 0 Å². The predicted molar refractivity (Wildman–Crippen MR) is 126 cm³/mol. The zero-order valence-corrected chi connectivity index (χ0v) is 19.8. The lowest BCUT2D eigenvalue weighted by Gasteiger charge is -2.33. The second-order valence-electron chi connectivity index (χ2n) is 9.47. The lowest BCUT2D eigenvalue weighted by atomic mass is 9.83. The third-order valence-electron chi connectivity index (χ3n) is 6.16. The van der Waals surface area contributed by atoms with E-state index in [2.05, 4.69) is 6.58 Å². The standard InChI is InChI=1S/C26H32O8/c1-13(2)14(8-9-26(3,4)32)10-17-19(29)12-20(33-5)21-22(30)23(31)25(34-24(17)21)16-7-6-15(27)11-18(16)28/h6-7,11-12,14,23,25,27-29,31-32H,1,8-10H2,2-5H3/t14-,23-,25+/m0/s1. The van der Waals surface area contributed by atoms with Crippen LogP contribution in [0.15, 0.2) is 36.4 Å². The van der Waals surface area contributed by atoms with Crippen LogP contribution in [0.2, 0.25) is 0 Å². The molecule has 2 aromatic rings. The summed E-state index contributed by atoms with van der Waals surface area (Å²) >= 11 is 0. The van der Waals surface area contributed by atoms with Crippen LogP contribution < -0.4 is 9.47 Å². The van der Waals surface area contributed by atoms with Gasteiger partial charge in [0, 0.05) is 23.3 Å². The van der Waals surface area contributed by atoms with Gasteiger partial charge >= 0.3 is 0 Å². The van der Waals surface area contributed by atoms with Crippen molar-refractivity contribution in [3.8, 4) is 28.7 Å². The van der Waals surface area contributed by atoms with Crippen molar-refractivity contribution in [2.24, 2.45) is 5.92 Å². The van der Waals surface area contributed by atoms with E-state index in [1.165, 1.54) is 25.3 Å². The zero-order chi connectivity index (χ0) is 25.4. The first-order valence-electron chi connectivity index (χ1n) is 11.1. The molecule has 3 atom stereocenters. The Morgan fingerprint density at radius 3 is 2.44 bits per heavy atom. The SMILES string of the molecule is C=C(C)[C@@H](CCC(C)(C)O)Cc1c(O)cc(OC)c2c1O[C@H](c1ccc(O)cc1O)[C@@H](O)C2=O. The van der Waals surface area contributed by atoms with Crippen LogP contribution in [-0.2, 0) is 6.42 Å². The third-order valence-corrected chi connectivity index (χ3v) is 6.16. The number of ether oxygens (including phenoxy) is 2. The lowest BCUT2D eigenvalue weighted by molar-refractivity contribution is 0.0197. The van der Waals surface area contributed by atoms with Crippen molar-refractivity contribution in [1.29, 1.82) is 0 Å². The first kappa shape index (κ1) is 25.4. The van der Waals surface area contributed by atoms with Gasteiger partial charge in [-0.1, -0.05) is 12.2 Å². The van der Waals surface area contributed by atoms with E-state index >= 15 is 0 Å². The van der Waals surface area contributed by atoms with Gasteiger partial charge in [0.05, 0.1) is 12.7 Å². The predicted octanol–water partition coefficient (Wildman–Crippen LogP) is 3.78. The number of methoxy groups -OCH3 is 1. The minimum absolute atomic E-state index is 0.000251. The number of aromatic hydroxyl groups is 3. The number of aliphatic hydroxyl groups excluding tert-OH is 1. The molecule has 1 heterocycles. The Morgan fingerprint density at radius 1 is 1.21 bits per heavy atom. The number of hydrogen-bond donors (Lipinski definition) is 5. The summed E-state index contributed by atoms with van der Waals surface area (Å²) in [6.07, 6.45) is -1.59. The Balaban J connectivity index is 2.10. The second kappa shape index (κ2) is 9.56. The van der Waals surface area contributed by atoms with Crippen LogP contribution >= 0.6 is 0 Å². The van der Waals surface area contributed by atoms with E-state index < -0.39 is 23.6 Å². The van der Waals surface area contributed by atoms with E-state index in [0.717, 1.165) is 11.6 Å². The third kappa shape index (κ3) is 5.13. The molecule has 3 rings (SSSR count). The normalized spacial score (nSPS) is 18.7. The zero-order valence-electron chi connectivity index (χ0n) is 19.8. The van der Waals surface area contributed by atoms with Gasteiger partial charge in [0.1, 0.15) is 34.3 Å². The fourth-order valence-electron chi connectivity index (χ4n) is 4.16. The number of allylic oxidation sites excluding steroid dienone is 1. The highest BCUT2D eigenvalue weighted by Gasteiger charge is 2.42. The second-order valence-corrected chi connectivity index (χ2v) is 9.47. The summed E-state index contributed by atoms with van der Waals surface area (Å²) in [7, 11) is 1.34. The molecule has 0 amide bonds. The topological polar surface area (TPSA) is 137 Å². The first-order chi connectivity index (χ1) is 15.8. The van der Waals surface area contributed by atoms with Crippen LogP contribution in [-0.4, -0.2) is 50.1 Å². The number of Topliss-reactive ketones (excluding diaryl/α,β-unsaturated/α-hetero) is 1. The molecule has 1 aliphatic rings. The molecule has 8 nitrogen and oxygen atoms in total. The van der Waals surface area contributed by atoms with Crippen LogP contribution in [0.25, 0.3) is 0 Å². The van der Waals surface area contributed by atoms with Crippen molar-refractivity contribution < 1.29 is 39.8 Å². The minimum atomic E-state index is -1.65. The maximum absolute atomic E-state index is 13.2. The molecule has 0 bridgehead atoms. The highest BCUT2D eigenvalue weighted by Crippen LogP contribution is 2.48. The number of phenolic OH excluding ortho intramolecular Hbond substituents is 3. The molecule has 0 saturated carbocycles. The molecule has 0 aromatic heterocycles. The monoisotopic (exact) mass is 472 g/mol. The number of phenols is 3. The maximum Gasteiger partial charge on any atom is 0.202 e. The number of fused-ring (bicyclic) bond motifs is 1. The number of ketones is 1. The molecule has 2 aromatic carbocycles. The largest absolute Gasteiger partial charge is 0.508 e. The van der Waals surface area contributed by atoms with Crippen molar-refractivity contribution >= 4 is 5.78 Å². The summed E-state index contributed by atoms with van der Waals surface area (Å²) in [6.45, 7) is 9.33. The Morgan fingerprint density at radius 2 is 1.88 bits per heavy atom. The van der Waals surface area contributed by atoms with Crippen molar-refractivity contribution in [2.45, 2.75) is 57.8 Å². The molecule has 0 unspecified atom stereocenters. The Kier molecular flexibility index (Phi) is 7.14. The maximum atomic E-state index is 13.2. The Labute approximate surface area is 198 Å². The van der Waals surface area contributed by atoms with Gasteiger partial charge in [0.15, 0.2) is 12.2 Å². The number of carbonyl (C=O) groups excluding carboxylic acids is 1. The Hall–Kier alpha value is -3.23. The molecule has 34 heavy (non-hydrogen) atoms. The smallest absolute Gasteiger partial charge is 0.202 e. The fraction of sp³-hybridized carbons (Fsp3) is 0.423.